The average Bonchev–Trinajstić information content (AvgIpc) is 2.88. The minimum Gasteiger partial charge on any atom is -0.353 e. The molecule has 0 spiro atoms. The van der Waals surface area contributed by atoms with Gasteiger partial charge in [-0.05, 0) is 61.7 Å². The second-order valence-corrected chi connectivity index (χ2v) is 10.2. The third-order valence-electron chi connectivity index (χ3n) is 7.46. The predicted molar refractivity (Wildman–Crippen MR) is 138 cm³/mol. The average molecular weight is 565 g/mol. The van der Waals surface area contributed by atoms with Crippen molar-refractivity contribution in [1.82, 2.24) is 9.80 Å². The summed E-state index contributed by atoms with van der Waals surface area (Å²) in [5, 5.41) is 0. The molecule has 38 heavy (non-hydrogen) atoms. The lowest BCUT2D eigenvalue weighted by Crippen LogP contribution is -2.52. The second kappa shape index (κ2) is 13.5. The molecule has 0 bridgehead atoms. The molecular weight excluding hydrogens is 530 g/mol. The summed E-state index contributed by atoms with van der Waals surface area (Å²) < 4.78 is 88.8. The van der Waals surface area contributed by atoms with Crippen LogP contribution in [0.25, 0.3) is 0 Å². The zero-order valence-corrected chi connectivity index (χ0v) is 21.9. The molecule has 0 saturated carbocycles. The van der Waals surface area contributed by atoms with E-state index in [1.165, 1.54) is 0 Å². The van der Waals surface area contributed by atoms with Gasteiger partial charge in [0, 0.05) is 26.2 Å². The number of rotatable bonds is 8. The molecule has 4 atom stereocenters. The Hall–Kier alpha value is -1.81. The summed E-state index contributed by atoms with van der Waals surface area (Å²) in [7, 11) is 0. The maximum atomic E-state index is 14.0. The summed E-state index contributed by atoms with van der Waals surface area (Å²) in [5.41, 5.74) is 2.06. The third kappa shape index (κ3) is 8.60. The Bertz CT molecular complexity index is 882. The van der Waals surface area contributed by atoms with E-state index in [2.05, 4.69) is 0 Å². The van der Waals surface area contributed by atoms with Gasteiger partial charge in [-0.2, -0.15) is 26.3 Å². The maximum absolute atomic E-state index is 14.0. The molecule has 0 aromatic heterocycles. The first-order chi connectivity index (χ1) is 17.6. The van der Waals surface area contributed by atoms with E-state index in [0.29, 0.717) is 39.0 Å². The molecule has 0 unspecified atom stereocenters. The summed E-state index contributed by atoms with van der Waals surface area (Å²) in [4.78, 5) is 3.19. The maximum Gasteiger partial charge on any atom is 0.415 e. The summed E-state index contributed by atoms with van der Waals surface area (Å²) >= 11 is 0. The number of hydrogen-bond acceptors (Lipinski definition) is 3. The van der Waals surface area contributed by atoms with Gasteiger partial charge in [-0.15, -0.1) is 12.4 Å². The molecule has 0 N–H and O–H groups in total. The topological polar surface area (TPSA) is 15.7 Å². The van der Waals surface area contributed by atoms with E-state index in [4.69, 9.17) is 4.74 Å². The van der Waals surface area contributed by atoms with Gasteiger partial charge >= 0.3 is 12.4 Å². The number of piperidine rings is 2. The Morgan fingerprint density at radius 1 is 0.658 bits per heavy atom. The molecule has 2 aliphatic rings. The Morgan fingerprint density at radius 2 is 1.03 bits per heavy atom. The molecule has 3 nitrogen and oxygen atoms in total. The standard InChI is InChI=1S/C28H34F6N2O.ClH/c29-27(30,31)25(19-35-15-7-13-23(17-35)21-9-3-1-4-10-21)37-26(28(32,33)34)20-36-16-8-14-24(18-36)22-11-5-2-6-12-22;/h1-6,9-12,23-26H,7-8,13-20H2;1H/t23-,24-,25-,26-;/m0./s1. The minimum absolute atomic E-state index is 0. The fourth-order valence-electron chi connectivity index (χ4n) is 5.55. The number of alkyl halides is 6. The number of likely N-dealkylation sites (tertiary alicyclic amines) is 2. The number of ether oxygens (including phenoxy) is 1. The van der Waals surface area contributed by atoms with E-state index in [1.807, 2.05) is 60.7 Å². The van der Waals surface area contributed by atoms with Crippen LogP contribution in [0, 0.1) is 0 Å². The van der Waals surface area contributed by atoms with Gasteiger partial charge < -0.3 is 4.74 Å². The Morgan fingerprint density at radius 3 is 1.37 bits per heavy atom. The quantitative estimate of drug-likeness (QED) is 0.320. The van der Waals surface area contributed by atoms with Crippen LogP contribution in [0.2, 0.25) is 0 Å². The highest BCUT2D eigenvalue weighted by Gasteiger charge is 2.50. The molecule has 4 rings (SSSR count). The zero-order chi connectivity index (χ0) is 26.5. The van der Waals surface area contributed by atoms with Crippen molar-refractivity contribution in [2.45, 2.75) is 62.1 Å². The number of benzene rings is 2. The fraction of sp³-hybridized carbons (Fsp3) is 0.571. The van der Waals surface area contributed by atoms with Crippen LogP contribution in [0.15, 0.2) is 60.7 Å². The van der Waals surface area contributed by atoms with Gasteiger partial charge in [0.25, 0.3) is 0 Å². The second-order valence-electron chi connectivity index (χ2n) is 10.2. The first kappa shape index (κ1) is 30.7. The van der Waals surface area contributed by atoms with Gasteiger partial charge in [0.15, 0.2) is 12.2 Å². The summed E-state index contributed by atoms with van der Waals surface area (Å²) in [6.45, 7) is 0.322. The number of nitrogens with zero attached hydrogens (tertiary/aromatic N) is 2. The molecular formula is C28H35ClF6N2O. The monoisotopic (exact) mass is 564 g/mol. The van der Waals surface area contributed by atoms with Crippen LogP contribution in [0.5, 0.6) is 0 Å². The van der Waals surface area contributed by atoms with Crippen LogP contribution in [0.4, 0.5) is 26.3 Å². The lowest BCUT2D eigenvalue weighted by Gasteiger charge is -2.39. The van der Waals surface area contributed by atoms with Crippen molar-refractivity contribution in [3.8, 4) is 0 Å². The van der Waals surface area contributed by atoms with Crippen LogP contribution >= 0.6 is 12.4 Å². The molecule has 2 aliphatic heterocycles. The first-order valence-electron chi connectivity index (χ1n) is 12.9. The molecule has 0 aliphatic carbocycles. The normalized spacial score (nSPS) is 23.4. The highest BCUT2D eigenvalue weighted by molar-refractivity contribution is 5.85. The lowest BCUT2D eigenvalue weighted by atomic mass is 9.90. The molecule has 2 aromatic rings. The Labute approximate surface area is 226 Å². The van der Waals surface area contributed by atoms with E-state index in [0.717, 1.165) is 24.0 Å². The van der Waals surface area contributed by atoms with Gasteiger partial charge in [0.2, 0.25) is 0 Å². The third-order valence-corrected chi connectivity index (χ3v) is 7.46. The van der Waals surface area contributed by atoms with Crippen molar-refractivity contribution in [3.05, 3.63) is 71.8 Å². The summed E-state index contributed by atoms with van der Waals surface area (Å²) in [6, 6.07) is 19.0. The Kier molecular flexibility index (Phi) is 10.9. The van der Waals surface area contributed by atoms with Crippen LogP contribution < -0.4 is 0 Å². The van der Waals surface area contributed by atoms with E-state index in [1.54, 1.807) is 9.80 Å². The molecule has 10 heteroatoms. The van der Waals surface area contributed by atoms with E-state index in [-0.39, 0.29) is 24.2 Å². The van der Waals surface area contributed by atoms with Crippen LogP contribution in [0.3, 0.4) is 0 Å². The van der Waals surface area contributed by atoms with Crippen molar-refractivity contribution < 1.29 is 31.1 Å². The van der Waals surface area contributed by atoms with Gasteiger partial charge in [-0.25, -0.2) is 0 Å². The molecule has 212 valence electrons. The van der Waals surface area contributed by atoms with Crippen LogP contribution in [-0.2, 0) is 4.74 Å². The number of halogens is 7. The molecule has 2 heterocycles. The van der Waals surface area contributed by atoms with Gasteiger partial charge in [0.1, 0.15) is 0 Å². The zero-order valence-electron chi connectivity index (χ0n) is 21.1. The van der Waals surface area contributed by atoms with Crippen molar-refractivity contribution in [1.29, 1.82) is 0 Å². The van der Waals surface area contributed by atoms with Crippen molar-refractivity contribution in [2.24, 2.45) is 0 Å². The minimum atomic E-state index is -4.91. The van der Waals surface area contributed by atoms with Gasteiger partial charge in [-0.1, -0.05) is 60.7 Å². The smallest absolute Gasteiger partial charge is 0.353 e. The van der Waals surface area contributed by atoms with Crippen LogP contribution in [0.1, 0.15) is 48.6 Å². The van der Waals surface area contributed by atoms with Crippen molar-refractivity contribution in [3.63, 3.8) is 0 Å². The molecule has 0 amide bonds. The van der Waals surface area contributed by atoms with Crippen LogP contribution in [-0.4, -0.2) is 73.6 Å². The molecule has 2 aromatic carbocycles. The van der Waals surface area contributed by atoms with Crippen molar-refractivity contribution in [2.75, 3.05) is 39.3 Å². The largest absolute Gasteiger partial charge is 0.415 e. The fourth-order valence-corrected chi connectivity index (χ4v) is 5.55. The van der Waals surface area contributed by atoms with E-state index in [9.17, 15) is 26.3 Å². The SMILES string of the molecule is Cl.FC(F)(F)[C@H](CN1CCC[C@H](c2ccccc2)C1)O[C@@H](CN1CCC[C@H](c2ccccc2)C1)C(F)(F)F. The highest BCUT2D eigenvalue weighted by atomic mass is 35.5. The lowest BCUT2D eigenvalue weighted by molar-refractivity contribution is -0.290. The van der Waals surface area contributed by atoms with E-state index < -0.39 is 37.7 Å². The Balaban J connectivity index is 0.00000400. The summed E-state index contributed by atoms with van der Waals surface area (Å²) in [5.74, 6) is 0.0935. The van der Waals surface area contributed by atoms with Gasteiger partial charge in [0.05, 0.1) is 0 Å². The molecule has 0 radical (unpaired) electrons. The van der Waals surface area contributed by atoms with E-state index >= 15 is 0 Å². The molecule has 2 saturated heterocycles. The predicted octanol–water partition coefficient (Wildman–Crippen LogP) is 7.05. The summed E-state index contributed by atoms with van der Waals surface area (Å²) in [6.07, 6.45) is -11.8. The van der Waals surface area contributed by atoms with Crippen molar-refractivity contribution >= 4 is 12.4 Å². The number of hydrogen-bond donors (Lipinski definition) is 0. The molecule has 2 fully saturated rings. The highest BCUT2D eigenvalue weighted by Crippen LogP contribution is 2.34. The van der Waals surface area contributed by atoms with Gasteiger partial charge in [-0.3, -0.25) is 9.80 Å². The first-order valence-corrected chi connectivity index (χ1v) is 12.9.